The summed E-state index contributed by atoms with van der Waals surface area (Å²) in [5, 5.41) is 0. The Bertz CT molecular complexity index is 278. The van der Waals surface area contributed by atoms with Crippen molar-refractivity contribution in [3.63, 3.8) is 0 Å². The summed E-state index contributed by atoms with van der Waals surface area (Å²) in [6.07, 6.45) is 12.7. The third-order valence-corrected chi connectivity index (χ3v) is 5.30. The number of rotatable bonds is 11. The van der Waals surface area contributed by atoms with Gasteiger partial charge in [0.15, 0.2) is 0 Å². The molecule has 0 rings (SSSR count). The van der Waals surface area contributed by atoms with Crippen LogP contribution >= 0.6 is 63.7 Å². The Morgan fingerprint density at radius 3 is 1.15 bits per heavy atom. The van der Waals surface area contributed by atoms with Gasteiger partial charge in [-0.2, -0.15) is 0 Å². The van der Waals surface area contributed by atoms with Crippen molar-refractivity contribution in [3.8, 4) is 0 Å². The fourth-order valence-electron chi connectivity index (χ4n) is 2.18. The van der Waals surface area contributed by atoms with Gasteiger partial charge >= 0.3 is 0 Å². The van der Waals surface area contributed by atoms with Crippen molar-refractivity contribution in [2.24, 2.45) is 0 Å². The number of halogens is 4. The fraction of sp³-hybridized carbons (Fsp3) is 0.750. The van der Waals surface area contributed by atoms with Crippen molar-refractivity contribution in [1.29, 1.82) is 0 Å². The van der Waals surface area contributed by atoms with Gasteiger partial charge in [-0.25, -0.2) is 0 Å². The van der Waals surface area contributed by atoms with E-state index in [1.54, 1.807) is 0 Å². The molecule has 0 aromatic heterocycles. The second kappa shape index (κ2) is 14.0. The lowest BCUT2D eigenvalue weighted by Crippen LogP contribution is -1.94. The first-order valence-electron chi connectivity index (χ1n) is 7.63. The van der Waals surface area contributed by atoms with E-state index in [1.807, 2.05) is 0 Å². The second-order valence-corrected chi connectivity index (χ2v) is 10.4. The number of hydrogen-bond acceptors (Lipinski definition) is 0. The van der Waals surface area contributed by atoms with Crippen LogP contribution in [-0.2, 0) is 0 Å². The van der Waals surface area contributed by atoms with Crippen LogP contribution in [0.5, 0.6) is 0 Å². The smallest absolute Gasteiger partial charge is 0.0639 e. The molecule has 0 saturated carbocycles. The average molecular weight is 538 g/mol. The van der Waals surface area contributed by atoms with E-state index in [-0.39, 0.29) is 0 Å². The molecule has 0 aliphatic rings. The van der Waals surface area contributed by atoms with E-state index in [9.17, 15) is 0 Å². The molecule has 0 aliphatic carbocycles. The molecule has 0 unspecified atom stereocenters. The van der Waals surface area contributed by atoms with Crippen LogP contribution in [0.3, 0.4) is 0 Å². The monoisotopic (exact) mass is 534 g/mol. The molecule has 0 aromatic rings. The largest absolute Gasteiger partial charge is 0.0654 e. The topological polar surface area (TPSA) is 0 Å². The fourth-order valence-corrected chi connectivity index (χ4v) is 3.93. The molecule has 0 saturated heterocycles. The molecule has 0 amide bonds. The number of allylic oxidation sites excluding steroid dienone is 2. The lowest BCUT2D eigenvalue weighted by atomic mass is 9.97. The molecule has 0 fully saturated rings. The summed E-state index contributed by atoms with van der Waals surface area (Å²) in [6.45, 7) is 4.51. The second-order valence-electron chi connectivity index (χ2n) is 5.10. The van der Waals surface area contributed by atoms with Crippen LogP contribution in [0.1, 0.15) is 78.1 Å². The van der Waals surface area contributed by atoms with Crippen LogP contribution in [0.4, 0.5) is 0 Å². The molecule has 0 bridgehead atoms. The highest BCUT2D eigenvalue weighted by Gasteiger charge is 2.12. The van der Waals surface area contributed by atoms with Crippen molar-refractivity contribution in [2.75, 3.05) is 0 Å². The Morgan fingerprint density at radius 2 is 0.900 bits per heavy atom. The van der Waals surface area contributed by atoms with Gasteiger partial charge in [-0.15, -0.1) is 0 Å². The predicted molar refractivity (Wildman–Crippen MR) is 107 cm³/mol. The maximum absolute atomic E-state index is 3.62. The van der Waals surface area contributed by atoms with Gasteiger partial charge in [-0.05, 0) is 101 Å². The lowest BCUT2D eigenvalue weighted by molar-refractivity contribution is 0.649. The van der Waals surface area contributed by atoms with E-state index in [0.717, 1.165) is 19.6 Å². The normalized spacial score (nSPS) is 10.5. The SMILES string of the molecule is CCCCCCC(=C(Br)Br)C(CCCCCC)=C(Br)Br. The summed E-state index contributed by atoms with van der Waals surface area (Å²) < 4.78 is 2.20. The third kappa shape index (κ3) is 10.2. The zero-order valence-corrected chi connectivity index (χ0v) is 18.9. The van der Waals surface area contributed by atoms with Gasteiger partial charge in [0.2, 0.25) is 0 Å². The Labute approximate surface area is 158 Å². The third-order valence-electron chi connectivity index (χ3n) is 3.38. The van der Waals surface area contributed by atoms with E-state index in [1.165, 1.54) is 62.5 Å². The van der Waals surface area contributed by atoms with Crippen molar-refractivity contribution < 1.29 is 0 Å². The molecule has 0 N–H and O–H groups in total. The first-order valence-corrected chi connectivity index (χ1v) is 10.8. The molecule has 20 heavy (non-hydrogen) atoms. The van der Waals surface area contributed by atoms with Gasteiger partial charge < -0.3 is 0 Å². The zero-order valence-electron chi connectivity index (χ0n) is 12.6. The summed E-state index contributed by atoms with van der Waals surface area (Å²) in [6, 6.07) is 0. The van der Waals surface area contributed by atoms with Crippen molar-refractivity contribution in [2.45, 2.75) is 78.1 Å². The number of hydrogen-bond donors (Lipinski definition) is 0. The minimum absolute atomic E-state index is 1.10. The summed E-state index contributed by atoms with van der Waals surface area (Å²) in [7, 11) is 0. The Balaban J connectivity index is 4.58. The van der Waals surface area contributed by atoms with Gasteiger partial charge in [0.1, 0.15) is 0 Å². The van der Waals surface area contributed by atoms with Crippen LogP contribution in [0, 0.1) is 0 Å². The van der Waals surface area contributed by atoms with Crippen LogP contribution in [0.15, 0.2) is 17.9 Å². The van der Waals surface area contributed by atoms with Crippen molar-refractivity contribution >= 4 is 63.7 Å². The van der Waals surface area contributed by atoms with Gasteiger partial charge in [-0.3, -0.25) is 0 Å². The van der Waals surface area contributed by atoms with E-state index < -0.39 is 0 Å². The first kappa shape index (κ1) is 21.4. The van der Waals surface area contributed by atoms with Gasteiger partial charge in [0, 0.05) is 0 Å². The quantitative estimate of drug-likeness (QED) is 0.182. The van der Waals surface area contributed by atoms with E-state index in [0.29, 0.717) is 0 Å². The molecule has 0 aliphatic heterocycles. The van der Waals surface area contributed by atoms with Gasteiger partial charge in [0.25, 0.3) is 0 Å². The Hall–Kier alpha value is 1.40. The molecule has 4 heteroatoms. The molecular formula is C16H26Br4. The van der Waals surface area contributed by atoms with E-state index in [2.05, 4.69) is 77.6 Å². The molecule has 0 nitrogen and oxygen atoms in total. The molecule has 0 heterocycles. The predicted octanol–water partition coefficient (Wildman–Crippen LogP) is 8.93. The minimum Gasteiger partial charge on any atom is -0.0654 e. The molecule has 0 spiro atoms. The van der Waals surface area contributed by atoms with Gasteiger partial charge in [0.05, 0.1) is 6.78 Å². The summed E-state index contributed by atoms with van der Waals surface area (Å²) in [5.41, 5.74) is 2.81. The van der Waals surface area contributed by atoms with Crippen LogP contribution < -0.4 is 0 Å². The molecule has 0 aromatic carbocycles. The molecule has 0 radical (unpaired) electrons. The minimum atomic E-state index is 1.10. The summed E-state index contributed by atoms with van der Waals surface area (Å²) in [5.74, 6) is 0. The maximum Gasteiger partial charge on any atom is 0.0639 e. The van der Waals surface area contributed by atoms with E-state index >= 15 is 0 Å². The molecule has 118 valence electrons. The van der Waals surface area contributed by atoms with Crippen LogP contribution in [-0.4, -0.2) is 0 Å². The molecular weight excluding hydrogens is 512 g/mol. The van der Waals surface area contributed by atoms with Crippen molar-refractivity contribution in [1.82, 2.24) is 0 Å². The van der Waals surface area contributed by atoms with Crippen LogP contribution in [0.2, 0.25) is 0 Å². The van der Waals surface area contributed by atoms with Crippen LogP contribution in [0.25, 0.3) is 0 Å². The zero-order chi connectivity index (χ0) is 15.4. The maximum atomic E-state index is 3.62. The molecule has 0 atom stereocenters. The highest BCUT2D eigenvalue weighted by molar-refractivity contribution is 9.28. The first-order chi connectivity index (χ1) is 9.54. The lowest BCUT2D eigenvalue weighted by Gasteiger charge is -2.14. The number of unbranched alkanes of at least 4 members (excludes halogenated alkanes) is 6. The standard InChI is InChI=1S/C16H26Br4/c1-3-5-7-9-11-13(15(17)18)14(16(19)20)12-10-8-6-4-2/h3-12H2,1-2H3. The average Bonchev–Trinajstić information content (AvgIpc) is 2.39. The highest BCUT2D eigenvalue weighted by Crippen LogP contribution is 2.37. The summed E-state index contributed by atoms with van der Waals surface area (Å²) in [4.78, 5) is 0. The van der Waals surface area contributed by atoms with Crippen molar-refractivity contribution in [3.05, 3.63) is 17.9 Å². The highest BCUT2D eigenvalue weighted by atomic mass is 79.9. The van der Waals surface area contributed by atoms with E-state index in [4.69, 9.17) is 0 Å². The summed E-state index contributed by atoms with van der Waals surface area (Å²) >= 11 is 14.5. The Kier molecular flexibility index (Phi) is 15.0. The Morgan fingerprint density at radius 1 is 0.550 bits per heavy atom. The van der Waals surface area contributed by atoms with Gasteiger partial charge in [-0.1, -0.05) is 52.4 Å².